The van der Waals surface area contributed by atoms with E-state index in [1.165, 1.54) is 30.3 Å². The van der Waals surface area contributed by atoms with E-state index in [9.17, 15) is 28.1 Å². The Morgan fingerprint density at radius 1 is 1.16 bits per heavy atom. The molecule has 0 spiro atoms. The quantitative estimate of drug-likeness (QED) is 0.752. The zero-order valence-corrected chi connectivity index (χ0v) is 18.4. The second kappa shape index (κ2) is 9.15. The summed E-state index contributed by atoms with van der Waals surface area (Å²) >= 11 is 0. The van der Waals surface area contributed by atoms with E-state index in [4.69, 9.17) is 4.74 Å². The Kier molecular flexibility index (Phi) is 7.04. The van der Waals surface area contributed by atoms with Crippen molar-refractivity contribution in [1.29, 1.82) is 10.5 Å². The molecule has 0 unspecified atom stereocenters. The molecule has 1 atom stereocenters. The first-order chi connectivity index (χ1) is 14.3. The lowest BCUT2D eigenvalue weighted by Gasteiger charge is -2.21. The fourth-order valence-electron chi connectivity index (χ4n) is 2.81. The van der Waals surface area contributed by atoms with Crippen molar-refractivity contribution < 1.29 is 22.3 Å². The summed E-state index contributed by atoms with van der Waals surface area (Å²) in [6.45, 7) is 5.06. The molecule has 2 rings (SSSR count). The second-order valence-corrected chi connectivity index (χ2v) is 9.92. The first-order valence-electron chi connectivity index (χ1n) is 9.26. The van der Waals surface area contributed by atoms with Crippen LogP contribution in [0.5, 0.6) is 0 Å². The molecule has 162 valence electrons. The van der Waals surface area contributed by atoms with E-state index in [1.807, 2.05) is 12.1 Å². The number of sulfone groups is 1. The minimum atomic E-state index is -3.57. The number of nitrogens with one attached hydrogen (secondary N) is 1. The average Bonchev–Trinajstić information content (AvgIpc) is 2.66. The van der Waals surface area contributed by atoms with E-state index < -0.39 is 33.4 Å². The van der Waals surface area contributed by atoms with Gasteiger partial charge in [-0.15, -0.1) is 0 Å². The molecule has 0 aliphatic carbocycles. The summed E-state index contributed by atoms with van der Waals surface area (Å²) in [5.74, 6) is -0.602. The molecule has 0 aliphatic heterocycles. The Hall–Kier alpha value is -3.43. The van der Waals surface area contributed by atoms with E-state index >= 15 is 0 Å². The SMILES string of the molecule is CC(C)(C)OC(=O)N[C@H](C#N)Cc1ccc(-c2ccc(S(C)(=O)=O)c(C#N)c2)cc1F. The molecule has 2 aromatic carbocycles. The van der Waals surface area contributed by atoms with Crippen molar-refractivity contribution in [3.63, 3.8) is 0 Å². The number of benzene rings is 2. The molecule has 7 nitrogen and oxygen atoms in total. The topological polar surface area (TPSA) is 120 Å². The van der Waals surface area contributed by atoms with Crippen molar-refractivity contribution in [3.05, 3.63) is 53.3 Å². The minimum absolute atomic E-state index is 0.0319. The van der Waals surface area contributed by atoms with Crippen LogP contribution in [0.25, 0.3) is 11.1 Å². The molecule has 0 saturated carbocycles. The van der Waals surface area contributed by atoms with Gasteiger partial charge >= 0.3 is 6.09 Å². The third-order valence-corrected chi connectivity index (χ3v) is 5.31. The summed E-state index contributed by atoms with van der Waals surface area (Å²) in [5.41, 5.74) is 0.353. The van der Waals surface area contributed by atoms with Gasteiger partial charge in [-0.05, 0) is 55.7 Å². The first kappa shape index (κ1) is 23.8. The van der Waals surface area contributed by atoms with Crippen LogP contribution in [0.4, 0.5) is 9.18 Å². The highest BCUT2D eigenvalue weighted by Gasteiger charge is 2.21. The average molecular weight is 444 g/mol. The van der Waals surface area contributed by atoms with Gasteiger partial charge in [0, 0.05) is 12.7 Å². The van der Waals surface area contributed by atoms with Crippen molar-refractivity contribution in [1.82, 2.24) is 5.32 Å². The smallest absolute Gasteiger partial charge is 0.408 e. The van der Waals surface area contributed by atoms with Crippen LogP contribution in [0, 0.1) is 28.5 Å². The van der Waals surface area contributed by atoms with Crippen molar-refractivity contribution in [2.45, 2.75) is 43.7 Å². The van der Waals surface area contributed by atoms with Crippen LogP contribution in [-0.2, 0) is 21.0 Å². The fourth-order valence-corrected chi connectivity index (χ4v) is 3.63. The Balaban J connectivity index is 2.25. The number of carbonyl (C=O) groups excluding carboxylic acids is 1. The van der Waals surface area contributed by atoms with Crippen molar-refractivity contribution in [2.24, 2.45) is 0 Å². The van der Waals surface area contributed by atoms with Gasteiger partial charge in [0.15, 0.2) is 9.84 Å². The summed E-state index contributed by atoms with van der Waals surface area (Å²) in [6, 6.07) is 11.2. The maximum atomic E-state index is 14.7. The number of amides is 1. The van der Waals surface area contributed by atoms with Crippen LogP contribution >= 0.6 is 0 Å². The monoisotopic (exact) mass is 443 g/mol. The van der Waals surface area contributed by atoms with E-state index in [2.05, 4.69) is 5.32 Å². The second-order valence-electron chi connectivity index (χ2n) is 7.93. The van der Waals surface area contributed by atoms with Gasteiger partial charge in [-0.3, -0.25) is 0 Å². The van der Waals surface area contributed by atoms with Gasteiger partial charge in [0.05, 0.1) is 16.5 Å². The summed E-state index contributed by atoms with van der Waals surface area (Å²) in [6.07, 6.45) is 0.165. The Morgan fingerprint density at radius 2 is 1.77 bits per heavy atom. The van der Waals surface area contributed by atoms with Crippen LogP contribution in [-0.4, -0.2) is 32.4 Å². The number of halogens is 1. The molecule has 0 saturated heterocycles. The van der Waals surface area contributed by atoms with Crippen LogP contribution in [0.3, 0.4) is 0 Å². The predicted octanol–water partition coefficient (Wildman–Crippen LogP) is 3.73. The highest BCUT2D eigenvalue weighted by atomic mass is 32.2. The lowest BCUT2D eigenvalue weighted by molar-refractivity contribution is 0.0515. The molecule has 31 heavy (non-hydrogen) atoms. The van der Waals surface area contributed by atoms with Crippen molar-refractivity contribution >= 4 is 15.9 Å². The molecule has 0 aliphatic rings. The summed E-state index contributed by atoms with van der Waals surface area (Å²) in [4.78, 5) is 11.8. The normalized spacial score (nSPS) is 12.4. The molecular weight excluding hydrogens is 421 g/mol. The maximum absolute atomic E-state index is 14.7. The molecule has 1 amide bonds. The van der Waals surface area contributed by atoms with Gasteiger partial charge in [-0.2, -0.15) is 10.5 Å². The highest BCUT2D eigenvalue weighted by Crippen LogP contribution is 2.26. The molecule has 2 aromatic rings. The number of rotatable bonds is 5. The third-order valence-electron chi connectivity index (χ3n) is 4.16. The van der Waals surface area contributed by atoms with Crippen LogP contribution in [0.15, 0.2) is 41.3 Å². The third kappa shape index (κ3) is 6.53. The number of hydrogen-bond donors (Lipinski definition) is 1. The molecule has 0 bridgehead atoms. The molecule has 0 aromatic heterocycles. The molecular formula is C22H22FN3O4S. The van der Waals surface area contributed by atoms with E-state index in [-0.39, 0.29) is 22.4 Å². The summed E-state index contributed by atoms with van der Waals surface area (Å²) in [7, 11) is -3.57. The van der Waals surface area contributed by atoms with Gasteiger partial charge in [0.2, 0.25) is 0 Å². The number of alkyl carbamates (subject to hydrolysis) is 1. The van der Waals surface area contributed by atoms with Crippen LogP contribution < -0.4 is 5.32 Å². The number of hydrogen-bond acceptors (Lipinski definition) is 6. The van der Waals surface area contributed by atoms with Gasteiger partial charge in [0.25, 0.3) is 0 Å². The zero-order chi connectivity index (χ0) is 23.4. The van der Waals surface area contributed by atoms with Gasteiger partial charge < -0.3 is 10.1 Å². The lowest BCUT2D eigenvalue weighted by Crippen LogP contribution is -2.39. The summed E-state index contributed by atoms with van der Waals surface area (Å²) < 4.78 is 43.3. The molecule has 0 fully saturated rings. The van der Waals surface area contributed by atoms with Gasteiger partial charge in [-0.25, -0.2) is 17.6 Å². The number of nitriles is 2. The predicted molar refractivity (Wildman–Crippen MR) is 112 cm³/mol. The largest absolute Gasteiger partial charge is 0.444 e. The first-order valence-corrected chi connectivity index (χ1v) is 11.2. The van der Waals surface area contributed by atoms with E-state index in [0.717, 1.165) is 6.26 Å². The molecule has 0 radical (unpaired) electrons. The summed E-state index contributed by atoms with van der Waals surface area (Å²) in [5, 5.41) is 20.9. The maximum Gasteiger partial charge on any atom is 0.408 e. The Bertz CT molecular complexity index is 1190. The van der Waals surface area contributed by atoms with Crippen LogP contribution in [0.2, 0.25) is 0 Å². The number of carbonyl (C=O) groups is 1. The molecule has 1 N–H and O–H groups in total. The van der Waals surface area contributed by atoms with Gasteiger partial charge in [-0.1, -0.05) is 18.2 Å². The van der Waals surface area contributed by atoms with E-state index in [1.54, 1.807) is 26.8 Å². The molecule has 9 heteroatoms. The lowest BCUT2D eigenvalue weighted by atomic mass is 9.99. The Morgan fingerprint density at radius 3 is 2.29 bits per heavy atom. The minimum Gasteiger partial charge on any atom is -0.444 e. The van der Waals surface area contributed by atoms with E-state index in [0.29, 0.717) is 11.1 Å². The zero-order valence-electron chi connectivity index (χ0n) is 17.6. The van der Waals surface area contributed by atoms with Crippen molar-refractivity contribution in [2.75, 3.05) is 6.26 Å². The van der Waals surface area contributed by atoms with Crippen LogP contribution in [0.1, 0.15) is 31.9 Å². The standard InChI is InChI=1S/C22H22FN3O4S/c1-22(2,3)30-21(27)26-18(13-25)10-16-6-5-15(11-19(16)23)14-7-8-20(31(4,28)29)17(9-14)12-24/h5-9,11,18H,10H2,1-4H3,(H,26,27)/t18-/m0/s1. The van der Waals surface area contributed by atoms with Gasteiger partial charge in [0.1, 0.15) is 23.5 Å². The highest BCUT2D eigenvalue weighted by molar-refractivity contribution is 7.90. The fraction of sp³-hybridized carbons (Fsp3) is 0.318. The number of nitrogens with zero attached hydrogens (tertiary/aromatic N) is 2. The van der Waals surface area contributed by atoms with Crippen molar-refractivity contribution in [3.8, 4) is 23.3 Å². The Labute approximate surface area is 181 Å². The number of ether oxygens (including phenoxy) is 1. The molecule has 0 heterocycles.